The first kappa shape index (κ1) is 11.7. The quantitative estimate of drug-likeness (QED) is 0.840. The van der Waals surface area contributed by atoms with Gasteiger partial charge in [0.15, 0.2) is 0 Å². The lowest BCUT2D eigenvalue weighted by Crippen LogP contribution is -1.98. The van der Waals surface area contributed by atoms with E-state index in [1.165, 1.54) is 4.88 Å². The van der Waals surface area contributed by atoms with Crippen LogP contribution in [0.15, 0.2) is 23.7 Å². The Labute approximate surface area is 108 Å². The average molecular weight is 273 g/mol. The summed E-state index contributed by atoms with van der Waals surface area (Å²) < 4.78 is 0. The normalized spacial score (nSPS) is 10.4. The molecule has 2 aromatic heterocycles. The molecule has 2 heterocycles. The van der Waals surface area contributed by atoms with Crippen LogP contribution in [0.3, 0.4) is 0 Å². The Morgan fingerprint density at radius 2 is 2.19 bits per heavy atom. The Balaban J connectivity index is 2.02. The third kappa shape index (κ3) is 2.88. The lowest BCUT2D eigenvalue weighted by atomic mass is 10.3. The molecule has 0 bridgehead atoms. The second-order valence-electron chi connectivity index (χ2n) is 3.42. The van der Waals surface area contributed by atoms with Crippen molar-refractivity contribution < 1.29 is 0 Å². The van der Waals surface area contributed by atoms with E-state index in [0.717, 1.165) is 22.8 Å². The van der Waals surface area contributed by atoms with Crippen LogP contribution in [0, 0.1) is 6.92 Å². The van der Waals surface area contributed by atoms with Gasteiger partial charge in [0.2, 0.25) is 0 Å². The summed E-state index contributed by atoms with van der Waals surface area (Å²) in [7, 11) is 0. The van der Waals surface area contributed by atoms with Crippen molar-refractivity contribution in [3.05, 3.63) is 44.3 Å². The Morgan fingerprint density at radius 3 is 2.81 bits per heavy atom. The minimum atomic E-state index is 0.546. The molecule has 2 rings (SSSR count). The molecule has 84 valence electrons. The van der Waals surface area contributed by atoms with Gasteiger partial charge in [-0.2, -0.15) is 0 Å². The molecular formula is C11H10Cl2N2S. The molecule has 0 aliphatic heterocycles. The number of aromatic nitrogens is 1. The minimum Gasteiger partial charge on any atom is -0.379 e. The van der Waals surface area contributed by atoms with Crippen molar-refractivity contribution in [3.63, 3.8) is 0 Å². The van der Waals surface area contributed by atoms with E-state index in [4.69, 9.17) is 23.2 Å². The molecule has 0 aliphatic carbocycles. The molecule has 5 heteroatoms. The summed E-state index contributed by atoms with van der Waals surface area (Å²) in [6, 6.07) is 3.93. The molecule has 2 aromatic rings. The number of hydrogen-bond donors (Lipinski definition) is 1. The highest BCUT2D eigenvalue weighted by Crippen LogP contribution is 2.21. The number of rotatable bonds is 3. The van der Waals surface area contributed by atoms with Crippen LogP contribution in [0.2, 0.25) is 10.2 Å². The number of nitrogens with zero attached hydrogens (tertiary/aromatic N) is 1. The zero-order valence-electron chi connectivity index (χ0n) is 8.63. The molecule has 0 atom stereocenters. The van der Waals surface area contributed by atoms with Gasteiger partial charge in [0.25, 0.3) is 0 Å². The van der Waals surface area contributed by atoms with Gasteiger partial charge < -0.3 is 5.32 Å². The molecule has 1 N–H and O–H groups in total. The number of hydrogen-bond acceptors (Lipinski definition) is 3. The van der Waals surface area contributed by atoms with Gasteiger partial charge in [0, 0.05) is 16.8 Å². The summed E-state index contributed by atoms with van der Waals surface area (Å²) >= 11 is 13.3. The third-order valence-electron chi connectivity index (χ3n) is 2.10. The van der Waals surface area contributed by atoms with E-state index in [1.54, 1.807) is 17.5 Å². The van der Waals surface area contributed by atoms with Gasteiger partial charge in [0.05, 0.1) is 16.9 Å². The standard InChI is InChI=1S/C11H10Cl2N2S/c1-7-2-9(4-15-11(7)13)14-5-10-3-8(12)6-16-10/h2-4,6,14H,5H2,1H3. The first-order valence-corrected chi connectivity index (χ1v) is 6.37. The topological polar surface area (TPSA) is 24.9 Å². The predicted octanol–water partition coefficient (Wildman–Crippen LogP) is 4.37. The van der Waals surface area contributed by atoms with Crippen LogP contribution in [-0.4, -0.2) is 4.98 Å². The van der Waals surface area contributed by atoms with Crippen molar-refractivity contribution in [2.75, 3.05) is 5.32 Å². The number of pyridine rings is 1. The molecule has 0 saturated carbocycles. The summed E-state index contributed by atoms with van der Waals surface area (Å²) in [6.45, 7) is 2.68. The smallest absolute Gasteiger partial charge is 0.132 e. The highest BCUT2D eigenvalue weighted by Gasteiger charge is 2.00. The molecule has 0 aromatic carbocycles. The van der Waals surface area contributed by atoms with E-state index < -0.39 is 0 Å². The second kappa shape index (κ2) is 5.04. The van der Waals surface area contributed by atoms with Crippen LogP contribution >= 0.6 is 34.5 Å². The van der Waals surface area contributed by atoms with Crippen molar-refractivity contribution in [2.45, 2.75) is 13.5 Å². The number of anilines is 1. The van der Waals surface area contributed by atoms with Crippen LogP contribution in [0.1, 0.15) is 10.4 Å². The van der Waals surface area contributed by atoms with E-state index in [2.05, 4.69) is 10.3 Å². The monoisotopic (exact) mass is 272 g/mol. The maximum Gasteiger partial charge on any atom is 0.132 e. The Bertz CT molecular complexity index is 496. The zero-order valence-corrected chi connectivity index (χ0v) is 11.0. The third-order valence-corrected chi connectivity index (χ3v) is 3.78. The van der Waals surface area contributed by atoms with Gasteiger partial charge >= 0.3 is 0 Å². The van der Waals surface area contributed by atoms with Crippen molar-refractivity contribution >= 4 is 40.2 Å². The fourth-order valence-electron chi connectivity index (χ4n) is 1.29. The first-order chi connectivity index (χ1) is 7.65. The minimum absolute atomic E-state index is 0.546. The van der Waals surface area contributed by atoms with E-state index in [1.807, 2.05) is 24.4 Å². The van der Waals surface area contributed by atoms with Crippen LogP contribution < -0.4 is 5.32 Å². The molecule has 16 heavy (non-hydrogen) atoms. The van der Waals surface area contributed by atoms with Crippen molar-refractivity contribution in [3.8, 4) is 0 Å². The molecule has 0 spiro atoms. The van der Waals surface area contributed by atoms with Crippen molar-refractivity contribution in [1.29, 1.82) is 0 Å². The van der Waals surface area contributed by atoms with Gasteiger partial charge in [-0.15, -0.1) is 11.3 Å². The van der Waals surface area contributed by atoms with Crippen LogP contribution in [0.5, 0.6) is 0 Å². The predicted molar refractivity (Wildman–Crippen MR) is 70.6 cm³/mol. The highest BCUT2D eigenvalue weighted by molar-refractivity contribution is 7.10. The van der Waals surface area contributed by atoms with Gasteiger partial charge in [-0.25, -0.2) is 4.98 Å². The summed E-state index contributed by atoms with van der Waals surface area (Å²) in [5, 5.41) is 6.52. The molecule has 0 amide bonds. The van der Waals surface area contributed by atoms with E-state index >= 15 is 0 Å². The molecule has 0 aliphatic rings. The molecule has 0 fully saturated rings. The lowest BCUT2D eigenvalue weighted by molar-refractivity contribution is 1.16. The summed E-state index contributed by atoms with van der Waals surface area (Å²) in [5.41, 5.74) is 1.93. The Hall–Kier alpha value is -0.770. The van der Waals surface area contributed by atoms with Gasteiger partial charge in [-0.3, -0.25) is 0 Å². The summed E-state index contributed by atoms with van der Waals surface area (Å²) in [6.07, 6.45) is 1.73. The van der Waals surface area contributed by atoms with E-state index in [9.17, 15) is 0 Å². The molecule has 0 radical (unpaired) electrons. The largest absolute Gasteiger partial charge is 0.379 e. The van der Waals surface area contributed by atoms with Crippen molar-refractivity contribution in [1.82, 2.24) is 4.98 Å². The maximum atomic E-state index is 5.85. The highest BCUT2D eigenvalue weighted by atomic mass is 35.5. The average Bonchev–Trinajstić information content (AvgIpc) is 2.66. The summed E-state index contributed by atoms with van der Waals surface area (Å²) in [4.78, 5) is 5.27. The maximum absolute atomic E-state index is 5.85. The Kier molecular flexibility index (Phi) is 3.69. The number of nitrogens with one attached hydrogen (secondary N) is 1. The van der Waals surface area contributed by atoms with Crippen LogP contribution in [-0.2, 0) is 6.54 Å². The number of halogens is 2. The zero-order chi connectivity index (χ0) is 11.5. The number of aryl methyl sites for hydroxylation is 1. The first-order valence-electron chi connectivity index (χ1n) is 4.74. The fraction of sp³-hybridized carbons (Fsp3) is 0.182. The van der Waals surface area contributed by atoms with Gasteiger partial charge in [-0.1, -0.05) is 23.2 Å². The van der Waals surface area contributed by atoms with Crippen LogP contribution in [0.4, 0.5) is 5.69 Å². The lowest BCUT2D eigenvalue weighted by Gasteiger charge is -2.05. The molecule has 2 nitrogen and oxygen atoms in total. The van der Waals surface area contributed by atoms with E-state index in [0.29, 0.717) is 5.15 Å². The van der Waals surface area contributed by atoms with E-state index in [-0.39, 0.29) is 0 Å². The SMILES string of the molecule is Cc1cc(NCc2cc(Cl)cs2)cnc1Cl. The molecule has 0 saturated heterocycles. The summed E-state index contributed by atoms with van der Waals surface area (Å²) in [5.74, 6) is 0. The van der Waals surface area contributed by atoms with Gasteiger partial charge in [0.1, 0.15) is 5.15 Å². The second-order valence-corrected chi connectivity index (χ2v) is 5.21. The molecule has 0 unspecified atom stereocenters. The fourth-order valence-corrected chi connectivity index (χ4v) is 2.41. The van der Waals surface area contributed by atoms with Crippen LogP contribution in [0.25, 0.3) is 0 Å². The van der Waals surface area contributed by atoms with Crippen molar-refractivity contribution in [2.24, 2.45) is 0 Å². The molecular weight excluding hydrogens is 263 g/mol. The number of thiophene rings is 1. The van der Waals surface area contributed by atoms with Gasteiger partial charge in [-0.05, 0) is 24.6 Å². The Morgan fingerprint density at radius 1 is 1.38 bits per heavy atom.